The molecule has 0 atom stereocenters. The number of hydrogen-bond donors (Lipinski definition) is 1. The summed E-state index contributed by atoms with van der Waals surface area (Å²) in [4.78, 5) is 12.0. The molecule has 0 aliphatic heterocycles. The molecule has 1 amide bonds. The van der Waals surface area contributed by atoms with Gasteiger partial charge in [0, 0.05) is 26.8 Å². The number of amides is 1. The minimum Gasteiger partial charge on any atom is -0.457 e. The second-order valence-corrected chi connectivity index (χ2v) is 6.92. The maximum atomic E-state index is 12.0. The average Bonchev–Trinajstić information content (AvgIpc) is 3.01. The number of hydrogen-bond acceptors (Lipinski definition) is 2. The van der Waals surface area contributed by atoms with Gasteiger partial charge in [0.1, 0.15) is 11.5 Å². The summed E-state index contributed by atoms with van der Waals surface area (Å²) in [6.45, 7) is 0. The van der Waals surface area contributed by atoms with Crippen molar-refractivity contribution in [2.45, 2.75) is 0 Å². The fourth-order valence-electron chi connectivity index (χ4n) is 2.18. The third-order valence-electron chi connectivity index (χ3n) is 3.31. The number of anilines is 1. The molecule has 0 aliphatic rings. The van der Waals surface area contributed by atoms with Crippen LogP contribution in [0.15, 0.2) is 69.6 Å². The summed E-state index contributed by atoms with van der Waals surface area (Å²) in [5.74, 6) is 0.902. The summed E-state index contributed by atoms with van der Waals surface area (Å²) in [5, 5.41) is 3.84. The fourth-order valence-corrected chi connectivity index (χ4v) is 3.09. The number of furan rings is 1. The maximum absolute atomic E-state index is 12.0. The molecule has 0 aliphatic carbocycles. The highest BCUT2D eigenvalue weighted by Crippen LogP contribution is 2.31. The van der Waals surface area contributed by atoms with Crippen LogP contribution in [0.4, 0.5) is 5.69 Å². The van der Waals surface area contributed by atoms with Crippen molar-refractivity contribution in [1.29, 1.82) is 0 Å². The molecule has 0 fully saturated rings. The average molecular weight is 437 g/mol. The molecule has 0 unspecified atom stereocenters. The van der Waals surface area contributed by atoms with Gasteiger partial charge in [-0.1, -0.05) is 45.2 Å². The summed E-state index contributed by atoms with van der Waals surface area (Å²) in [5.41, 5.74) is 1.45. The van der Waals surface area contributed by atoms with E-state index in [9.17, 15) is 4.79 Å². The molecule has 1 N–H and O–H groups in total. The maximum Gasteiger partial charge on any atom is 0.248 e. The Balaban J connectivity index is 1.70. The van der Waals surface area contributed by atoms with Gasteiger partial charge >= 0.3 is 0 Å². The Morgan fingerprint density at radius 2 is 1.92 bits per heavy atom. The molecule has 0 saturated heterocycles. The standard InChI is InChI=1S/C19H12BrCl2NO2/c20-12-2-1-3-14(10-12)23-19(24)9-6-15-5-8-18(25-15)16-7-4-13(21)11-17(16)22/h1-11H,(H,23,24). The SMILES string of the molecule is O=C(C=Cc1ccc(-c2ccc(Cl)cc2Cl)o1)Nc1cccc(Br)c1. The second-order valence-electron chi connectivity index (χ2n) is 5.16. The van der Waals surface area contributed by atoms with Crippen LogP contribution in [0, 0.1) is 0 Å². The predicted molar refractivity (Wildman–Crippen MR) is 106 cm³/mol. The van der Waals surface area contributed by atoms with Crippen molar-refractivity contribution >= 4 is 56.8 Å². The van der Waals surface area contributed by atoms with Gasteiger partial charge in [-0.3, -0.25) is 4.79 Å². The van der Waals surface area contributed by atoms with Crippen molar-refractivity contribution in [2.75, 3.05) is 5.32 Å². The van der Waals surface area contributed by atoms with Gasteiger partial charge in [0.25, 0.3) is 0 Å². The van der Waals surface area contributed by atoms with Crippen molar-refractivity contribution < 1.29 is 9.21 Å². The molecule has 1 aromatic heterocycles. The lowest BCUT2D eigenvalue weighted by Crippen LogP contribution is -2.07. The van der Waals surface area contributed by atoms with Crippen LogP contribution in [0.5, 0.6) is 0 Å². The van der Waals surface area contributed by atoms with Crippen molar-refractivity contribution in [3.8, 4) is 11.3 Å². The van der Waals surface area contributed by atoms with Gasteiger partial charge in [-0.05, 0) is 54.6 Å². The van der Waals surface area contributed by atoms with Crippen LogP contribution in [0.1, 0.15) is 5.76 Å². The summed E-state index contributed by atoms with van der Waals surface area (Å²) in [6, 6.07) is 16.1. The monoisotopic (exact) mass is 435 g/mol. The zero-order chi connectivity index (χ0) is 17.8. The van der Waals surface area contributed by atoms with E-state index in [2.05, 4.69) is 21.2 Å². The van der Waals surface area contributed by atoms with E-state index < -0.39 is 0 Å². The first-order valence-corrected chi connectivity index (χ1v) is 8.86. The number of rotatable bonds is 4. The van der Waals surface area contributed by atoms with Crippen LogP contribution in [0.25, 0.3) is 17.4 Å². The van der Waals surface area contributed by atoms with E-state index in [0.29, 0.717) is 27.3 Å². The third kappa shape index (κ3) is 4.75. The van der Waals surface area contributed by atoms with Gasteiger partial charge in [-0.2, -0.15) is 0 Å². The van der Waals surface area contributed by atoms with Crippen molar-refractivity contribution in [3.63, 3.8) is 0 Å². The van der Waals surface area contributed by atoms with E-state index >= 15 is 0 Å². The molecule has 0 radical (unpaired) electrons. The molecule has 2 aromatic carbocycles. The first-order valence-electron chi connectivity index (χ1n) is 7.31. The summed E-state index contributed by atoms with van der Waals surface area (Å²) >= 11 is 15.4. The molecule has 25 heavy (non-hydrogen) atoms. The van der Waals surface area contributed by atoms with E-state index in [0.717, 1.165) is 10.0 Å². The zero-order valence-corrected chi connectivity index (χ0v) is 15.9. The minimum absolute atomic E-state index is 0.249. The summed E-state index contributed by atoms with van der Waals surface area (Å²) in [6.07, 6.45) is 3.01. The molecule has 3 aromatic rings. The van der Waals surface area contributed by atoms with Gasteiger partial charge in [0.2, 0.25) is 5.91 Å². The molecule has 0 bridgehead atoms. The largest absolute Gasteiger partial charge is 0.457 e. The minimum atomic E-state index is -0.249. The Labute approximate surface area is 163 Å². The molecule has 3 nitrogen and oxygen atoms in total. The van der Waals surface area contributed by atoms with Gasteiger partial charge in [0.15, 0.2) is 0 Å². The summed E-state index contributed by atoms with van der Waals surface area (Å²) < 4.78 is 6.60. The van der Waals surface area contributed by atoms with Gasteiger partial charge in [-0.15, -0.1) is 0 Å². The number of halogens is 3. The molecule has 0 saturated carbocycles. The molecular weight excluding hydrogens is 425 g/mol. The predicted octanol–water partition coefficient (Wildman–Crippen LogP) is 6.67. The number of carbonyl (C=O) groups excluding carboxylic acids is 1. The molecule has 1 heterocycles. The smallest absolute Gasteiger partial charge is 0.248 e. The van der Waals surface area contributed by atoms with Crippen molar-refractivity contribution in [3.05, 3.63) is 81.0 Å². The lowest BCUT2D eigenvalue weighted by molar-refractivity contribution is -0.111. The van der Waals surface area contributed by atoms with E-state index in [4.69, 9.17) is 27.6 Å². The van der Waals surface area contributed by atoms with Crippen LogP contribution in [-0.4, -0.2) is 5.91 Å². The Kier molecular flexibility index (Phi) is 5.63. The van der Waals surface area contributed by atoms with Gasteiger partial charge in [0.05, 0.1) is 5.02 Å². The van der Waals surface area contributed by atoms with Crippen molar-refractivity contribution in [1.82, 2.24) is 0 Å². The lowest BCUT2D eigenvalue weighted by atomic mass is 10.2. The quantitative estimate of drug-likeness (QED) is 0.464. The Hall–Kier alpha value is -2.01. The Morgan fingerprint density at radius 1 is 1.08 bits per heavy atom. The fraction of sp³-hybridized carbons (Fsp3) is 0. The van der Waals surface area contributed by atoms with Crippen LogP contribution in [0.2, 0.25) is 10.0 Å². The topological polar surface area (TPSA) is 42.2 Å². The van der Waals surface area contributed by atoms with E-state index in [1.54, 1.807) is 36.4 Å². The van der Waals surface area contributed by atoms with Crippen LogP contribution in [0.3, 0.4) is 0 Å². The third-order valence-corrected chi connectivity index (χ3v) is 4.36. The second kappa shape index (κ2) is 7.91. The first kappa shape index (κ1) is 17.8. The van der Waals surface area contributed by atoms with E-state index in [-0.39, 0.29) is 5.91 Å². The molecule has 126 valence electrons. The normalized spacial score (nSPS) is 11.0. The molecular formula is C19H12BrCl2NO2. The number of carbonyl (C=O) groups is 1. The van der Waals surface area contributed by atoms with Crippen LogP contribution >= 0.6 is 39.1 Å². The van der Waals surface area contributed by atoms with Gasteiger partial charge in [-0.25, -0.2) is 0 Å². The van der Waals surface area contributed by atoms with Crippen LogP contribution in [-0.2, 0) is 4.79 Å². The molecule has 0 spiro atoms. The highest BCUT2D eigenvalue weighted by molar-refractivity contribution is 9.10. The van der Waals surface area contributed by atoms with Crippen molar-refractivity contribution in [2.24, 2.45) is 0 Å². The Morgan fingerprint density at radius 3 is 2.68 bits per heavy atom. The van der Waals surface area contributed by atoms with Crippen LogP contribution < -0.4 is 5.32 Å². The molecule has 6 heteroatoms. The molecule has 3 rings (SSSR count). The summed E-state index contributed by atoms with van der Waals surface area (Å²) in [7, 11) is 0. The van der Waals surface area contributed by atoms with Gasteiger partial charge < -0.3 is 9.73 Å². The Bertz CT molecular complexity index is 950. The highest BCUT2D eigenvalue weighted by Gasteiger charge is 2.08. The number of benzene rings is 2. The van der Waals surface area contributed by atoms with E-state index in [1.165, 1.54) is 6.08 Å². The zero-order valence-electron chi connectivity index (χ0n) is 12.8. The lowest BCUT2D eigenvalue weighted by Gasteiger charge is -2.02. The number of nitrogens with one attached hydrogen (secondary N) is 1. The first-order chi connectivity index (χ1) is 12.0. The van der Waals surface area contributed by atoms with E-state index in [1.807, 2.05) is 24.3 Å². The highest BCUT2D eigenvalue weighted by atomic mass is 79.9.